The number of hydrogen-bond donors (Lipinski definition) is 2. The number of H-pyrrole nitrogens is 1. The highest BCUT2D eigenvalue weighted by molar-refractivity contribution is 5.58. The molecule has 4 rings (SSSR count). The third-order valence-electron chi connectivity index (χ3n) is 4.67. The van der Waals surface area contributed by atoms with Crippen LogP contribution in [0.2, 0.25) is 0 Å². The van der Waals surface area contributed by atoms with Gasteiger partial charge in [-0.2, -0.15) is 0 Å². The Bertz CT molecular complexity index is 879. The van der Waals surface area contributed by atoms with E-state index in [1.54, 1.807) is 24.4 Å². The molecule has 26 heavy (non-hydrogen) atoms. The number of phenolic OH excluding ortho intramolecular Hbond substituents is 1. The van der Waals surface area contributed by atoms with E-state index in [-0.39, 0.29) is 11.9 Å². The first-order valence-corrected chi connectivity index (χ1v) is 8.60. The minimum Gasteiger partial charge on any atom is -0.508 e. The van der Waals surface area contributed by atoms with Gasteiger partial charge >= 0.3 is 0 Å². The van der Waals surface area contributed by atoms with Crippen LogP contribution in [0.1, 0.15) is 17.4 Å². The average molecular weight is 353 g/mol. The Morgan fingerprint density at radius 3 is 2.81 bits per heavy atom. The number of aromatic amines is 1. The molecule has 2 heterocycles. The second kappa shape index (κ2) is 7.27. The van der Waals surface area contributed by atoms with Gasteiger partial charge in [-0.25, -0.2) is 9.37 Å². The number of hydrogen-bond acceptors (Lipinski definition) is 4. The van der Waals surface area contributed by atoms with Crippen molar-refractivity contribution in [1.29, 1.82) is 0 Å². The summed E-state index contributed by atoms with van der Waals surface area (Å²) >= 11 is 0. The summed E-state index contributed by atoms with van der Waals surface area (Å²) in [7, 11) is 0. The van der Waals surface area contributed by atoms with Gasteiger partial charge in [-0.15, -0.1) is 0 Å². The summed E-state index contributed by atoms with van der Waals surface area (Å²) < 4.78 is 18.8. The summed E-state index contributed by atoms with van der Waals surface area (Å²) in [6.07, 6.45) is 1.76. The molecule has 2 aromatic carbocycles. The van der Waals surface area contributed by atoms with Gasteiger partial charge in [0.25, 0.3) is 0 Å². The predicted molar refractivity (Wildman–Crippen MR) is 96.1 cm³/mol. The molecular formula is C20H20FN3O2. The van der Waals surface area contributed by atoms with E-state index in [2.05, 4.69) is 14.9 Å². The number of para-hydroxylation sites is 1. The minimum absolute atomic E-state index is 0.0300. The van der Waals surface area contributed by atoms with Crippen LogP contribution < -0.4 is 0 Å². The van der Waals surface area contributed by atoms with Crippen molar-refractivity contribution in [2.45, 2.75) is 12.6 Å². The summed E-state index contributed by atoms with van der Waals surface area (Å²) in [5, 5.41) is 10.1. The molecule has 2 N–H and O–H groups in total. The fraction of sp³-hybridized carbons (Fsp3) is 0.250. The van der Waals surface area contributed by atoms with Crippen LogP contribution in [0.5, 0.6) is 5.75 Å². The van der Waals surface area contributed by atoms with Gasteiger partial charge in [0.2, 0.25) is 0 Å². The van der Waals surface area contributed by atoms with E-state index < -0.39 is 0 Å². The lowest BCUT2D eigenvalue weighted by molar-refractivity contribution is -0.0158. The van der Waals surface area contributed by atoms with Gasteiger partial charge in [-0.05, 0) is 35.9 Å². The highest BCUT2D eigenvalue weighted by atomic mass is 19.1. The molecule has 1 fully saturated rings. The summed E-state index contributed by atoms with van der Waals surface area (Å²) in [6, 6.07) is 13.7. The van der Waals surface area contributed by atoms with E-state index in [9.17, 15) is 9.50 Å². The molecule has 0 spiro atoms. The Morgan fingerprint density at radius 2 is 2.00 bits per heavy atom. The number of aromatic nitrogens is 2. The van der Waals surface area contributed by atoms with E-state index in [1.807, 2.05) is 18.2 Å². The smallest absolute Gasteiger partial charge is 0.126 e. The van der Waals surface area contributed by atoms with Crippen molar-refractivity contribution >= 4 is 0 Å². The normalized spacial score (nSPS) is 18.1. The lowest BCUT2D eigenvalue weighted by Crippen LogP contribution is -2.39. The minimum atomic E-state index is -0.261. The first-order valence-electron chi connectivity index (χ1n) is 8.60. The molecule has 1 aliphatic rings. The Labute approximate surface area is 151 Å². The summed E-state index contributed by atoms with van der Waals surface area (Å²) in [6.45, 7) is 2.55. The van der Waals surface area contributed by atoms with E-state index in [0.717, 1.165) is 29.2 Å². The van der Waals surface area contributed by atoms with Crippen LogP contribution in [0.15, 0.2) is 54.7 Å². The monoisotopic (exact) mass is 353 g/mol. The van der Waals surface area contributed by atoms with Gasteiger partial charge < -0.3 is 14.8 Å². The molecule has 0 amide bonds. The average Bonchev–Trinajstić information content (AvgIpc) is 3.15. The van der Waals surface area contributed by atoms with Gasteiger partial charge in [0.1, 0.15) is 17.4 Å². The van der Waals surface area contributed by atoms with Crippen LogP contribution in [-0.4, -0.2) is 39.7 Å². The lowest BCUT2D eigenvalue weighted by Gasteiger charge is -2.34. The summed E-state index contributed by atoms with van der Waals surface area (Å²) in [5.74, 6) is 0.839. The number of aromatic hydroxyl groups is 1. The third-order valence-corrected chi connectivity index (χ3v) is 4.67. The zero-order chi connectivity index (χ0) is 17.9. The number of benzene rings is 2. The van der Waals surface area contributed by atoms with Crippen molar-refractivity contribution in [2.75, 3.05) is 19.8 Å². The number of phenols is 1. The third kappa shape index (κ3) is 3.47. The van der Waals surface area contributed by atoms with Gasteiger partial charge in [0.15, 0.2) is 0 Å². The highest BCUT2D eigenvalue weighted by Crippen LogP contribution is 2.28. The van der Waals surface area contributed by atoms with E-state index in [0.29, 0.717) is 25.5 Å². The van der Waals surface area contributed by atoms with Crippen LogP contribution in [0.4, 0.5) is 4.39 Å². The molecule has 0 saturated carbocycles. The van der Waals surface area contributed by atoms with Crippen molar-refractivity contribution in [3.8, 4) is 17.0 Å². The number of imidazole rings is 1. The standard InChI is InChI=1S/C20H20FN3O2/c21-16-7-5-14(6-8-16)17-11-22-20(23-17)18-13-26-10-9-24(18)12-15-3-1-2-4-19(15)25/h1-8,11,18,25H,9-10,12-13H2,(H,22,23)/t18-/m0/s1. The van der Waals surface area contributed by atoms with Crippen LogP contribution in [0, 0.1) is 5.82 Å². The highest BCUT2D eigenvalue weighted by Gasteiger charge is 2.27. The van der Waals surface area contributed by atoms with E-state index in [4.69, 9.17) is 4.74 Å². The molecule has 0 radical (unpaired) electrons. The van der Waals surface area contributed by atoms with Gasteiger partial charge in [-0.1, -0.05) is 18.2 Å². The molecule has 1 aromatic heterocycles. The quantitative estimate of drug-likeness (QED) is 0.754. The molecule has 0 aliphatic carbocycles. The fourth-order valence-corrected chi connectivity index (χ4v) is 3.22. The second-order valence-electron chi connectivity index (χ2n) is 6.38. The number of nitrogens with zero attached hydrogens (tertiary/aromatic N) is 2. The van der Waals surface area contributed by atoms with Gasteiger partial charge in [-0.3, -0.25) is 4.90 Å². The van der Waals surface area contributed by atoms with Gasteiger partial charge in [0.05, 0.1) is 31.1 Å². The van der Waals surface area contributed by atoms with Crippen LogP contribution in [0.3, 0.4) is 0 Å². The number of halogens is 1. The molecule has 5 nitrogen and oxygen atoms in total. The number of ether oxygens (including phenoxy) is 1. The Morgan fingerprint density at radius 1 is 1.19 bits per heavy atom. The molecule has 3 aromatic rings. The fourth-order valence-electron chi connectivity index (χ4n) is 3.22. The first-order chi connectivity index (χ1) is 12.7. The van der Waals surface area contributed by atoms with E-state index >= 15 is 0 Å². The number of nitrogens with one attached hydrogen (secondary N) is 1. The van der Waals surface area contributed by atoms with Crippen molar-refractivity contribution in [3.05, 3.63) is 71.9 Å². The van der Waals surface area contributed by atoms with Gasteiger partial charge in [0, 0.05) is 18.7 Å². The number of morpholine rings is 1. The summed E-state index contributed by atoms with van der Waals surface area (Å²) in [4.78, 5) is 10.1. The van der Waals surface area contributed by atoms with Crippen LogP contribution in [-0.2, 0) is 11.3 Å². The maximum absolute atomic E-state index is 13.1. The Kier molecular flexibility index (Phi) is 4.69. The maximum atomic E-state index is 13.1. The largest absolute Gasteiger partial charge is 0.508 e. The Hall–Kier alpha value is -2.70. The molecule has 134 valence electrons. The van der Waals surface area contributed by atoms with Crippen molar-refractivity contribution in [1.82, 2.24) is 14.9 Å². The first kappa shape index (κ1) is 16.8. The predicted octanol–water partition coefficient (Wildman–Crippen LogP) is 3.49. The lowest BCUT2D eigenvalue weighted by atomic mass is 10.1. The molecule has 1 saturated heterocycles. The van der Waals surface area contributed by atoms with Crippen molar-refractivity contribution in [3.63, 3.8) is 0 Å². The van der Waals surface area contributed by atoms with Crippen molar-refractivity contribution < 1.29 is 14.2 Å². The van der Waals surface area contributed by atoms with Crippen LogP contribution in [0.25, 0.3) is 11.3 Å². The summed E-state index contributed by atoms with van der Waals surface area (Å²) in [5.41, 5.74) is 2.60. The van der Waals surface area contributed by atoms with E-state index in [1.165, 1.54) is 12.1 Å². The Balaban J connectivity index is 1.57. The molecule has 0 bridgehead atoms. The molecule has 6 heteroatoms. The molecule has 0 unspecified atom stereocenters. The zero-order valence-electron chi connectivity index (χ0n) is 14.2. The molecule has 1 atom stereocenters. The van der Waals surface area contributed by atoms with Crippen molar-refractivity contribution in [2.24, 2.45) is 0 Å². The second-order valence-corrected chi connectivity index (χ2v) is 6.38. The van der Waals surface area contributed by atoms with Crippen LogP contribution >= 0.6 is 0 Å². The zero-order valence-corrected chi connectivity index (χ0v) is 14.2. The maximum Gasteiger partial charge on any atom is 0.126 e. The molecular weight excluding hydrogens is 333 g/mol. The SMILES string of the molecule is Oc1ccccc1CN1CCOC[C@H]1c1ncc(-c2ccc(F)cc2)[nH]1. The molecule has 1 aliphatic heterocycles. The number of rotatable bonds is 4. The topological polar surface area (TPSA) is 61.4 Å².